The predicted molar refractivity (Wildman–Crippen MR) is 70.9 cm³/mol. The first-order chi connectivity index (χ1) is 7.20. The Morgan fingerprint density at radius 1 is 0.800 bits per heavy atom. The van der Waals surface area contributed by atoms with Gasteiger partial charge in [-0.25, -0.2) is 0 Å². The van der Waals surface area contributed by atoms with Crippen LogP contribution >= 0.6 is 0 Å². The Labute approximate surface area is 97.8 Å². The minimum atomic E-state index is 0.806. The molecule has 2 unspecified atom stereocenters. The SMILES string of the molecule is CCCCCCCCC(C)[CH]C(C)CC. The third-order valence-corrected chi connectivity index (χ3v) is 3.31. The van der Waals surface area contributed by atoms with Crippen molar-refractivity contribution < 1.29 is 0 Å². The molecule has 0 aromatic carbocycles. The van der Waals surface area contributed by atoms with E-state index in [1.807, 2.05) is 0 Å². The van der Waals surface area contributed by atoms with Gasteiger partial charge in [0.2, 0.25) is 0 Å². The quantitative estimate of drug-likeness (QED) is 0.411. The molecule has 15 heavy (non-hydrogen) atoms. The molecule has 0 N–H and O–H groups in total. The fourth-order valence-corrected chi connectivity index (χ4v) is 2.04. The summed E-state index contributed by atoms with van der Waals surface area (Å²) in [5.74, 6) is 1.63. The van der Waals surface area contributed by atoms with E-state index in [0.717, 1.165) is 11.8 Å². The standard InChI is InChI=1S/C15H31/c1-5-7-8-9-10-11-12-15(4)13-14(3)6-2/h13-15H,5-12H2,1-4H3. The van der Waals surface area contributed by atoms with Gasteiger partial charge in [0.05, 0.1) is 0 Å². The minimum absolute atomic E-state index is 0.806. The average Bonchev–Trinajstić information content (AvgIpc) is 2.23. The molecular formula is C15H31. The molecule has 0 saturated carbocycles. The summed E-state index contributed by atoms with van der Waals surface area (Å²) < 4.78 is 0. The van der Waals surface area contributed by atoms with Gasteiger partial charge in [0.15, 0.2) is 0 Å². The molecule has 0 aromatic heterocycles. The number of unbranched alkanes of at least 4 members (excludes halogenated alkanes) is 5. The van der Waals surface area contributed by atoms with Crippen LogP contribution in [0.2, 0.25) is 0 Å². The second kappa shape index (κ2) is 10.5. The van der Waals surface area contributed by atoms with E-state index in [9.17, 15) is 0 Å². The van der Waals surface area contributed by atoms with Crippen molar-refractivity contribution in [3.8, 4) is 0 Å². The Bertz CT molecular complexity index is 117. The van der Waals surface area contributed by atoms with Gasteiger partial charge in [-0.15, -0.1) is 0 Å². The van der Waals surface area contributed by atoms with E-state index in [1.54, 1.807) is 0 Å². The van der Waals surface area contributed by atoms with Crippen LogP contribution in [-0.2, 0) is 0 Å². The molecule has 0 bridgehead atoms. The van der Waals surface area contributed by atoms with Gasteiger partial charge in [-0.3, -0.25) is 0 Å². The van der Waals surface area contributed by atoms with Crippen LogP contribution in [0.3, 0.4) is 0 Å². The van der Waals surface area contributed by atoms with E-state index in [1.165, 1.54) is 51.4 Å². The maximum atomic E-state index is 2.53. The summed E-state index contributed by atoms with van der Waals surface area (Å²) in [5.41, 5.74) is 0. The molecule has 0 aromatic rings. The number of rotatable bonds is 10. The lowest BCUT2D eigenvalue weighted by Gasteiger charge is -2.15. The van der Waals surface area contributed by atoms with Crippen molar-refractivity contribution in [2.24, 2.45) is 11.8 Å². The van der Waals surface area contributed by atoms with Gasteiger partial charge in [-0.2, -0.15) is 0 Å². The van der Waals surface area contributed by atoms with Gasteiger partial charge < -0.3 is 0 Å². The van der Waals surface area contributed by atoms with Crippen LogP contribution < -0.4 is 0 Å². The highest BCUT2D eigenvalue weighted by Gasteiger charge is 2.06. The first kappa shape index (κ1) is 15.0. The van der Waals surface area contributed by atoms with Crippen LogP contribution in [0.25, 0.3) is 0 Å². The Morgan fingerprint density at radius 2 is 1.40 bits per heavy atom. The van der Waals surface area contributed by atoms with Crippen LogP contribution in [0.15, 0.2) is 0 Å². The van der Waals surface area contributed by atoms with Crippen molar-refractivity contribution in [2.45, 2.75) is 79.1 Å². The number of hydrogen-bond donors (Lipinski definition) is 0. The van der Waals surface area contributed by atoms with Gasteiger partial charge in [-0.1, -0.05) is 79.1 Å². The highest BCUT2D eigenvalue weighted by atomic mass is 14.1. The highest BCUT2D eigenvalue weighted by Crippen LogP contribution is 2.19. The molecule has 0 rings (SSSR count). The third kappa shape index (κ3) is 10.3. The number of hydrogen-bond acceptors (Lipinski definition) is 0. The van der Waals surface area contributed by atoms with Gasteiger partial charge in [0.25, 0.3) is 0 Å². The predicted octanol–water partition coefficient (Wildman–Crippen LogP) is 5.62. The largest absolute Gasteiger partial charge is 0.0654 e. The van der Waals surface area contributed by atoms with Crippen LogP contribution in [0.1, 0.15) is 79.1 Å². The first-order valence-electron chi connectivity index (χ1n) is 7.05. The summed E-state index contributed by atoms with van der Waals surface area (Å²) in [6.07, 6.45) is 13.8. The van der Waals surface area contributed by atoms with E-state index >= 15 is 0 Å². The molecule has 91 valence electrons. The monoisotopic (exact) mass is 211 g/mol. The van der Waals surface area contributed by atoms with Gasteiger partial charge in [-0.05, 0) is 18.3 Å². The second-order valence-corrected chi connectivity index (χ2v) is 5.11. The van der Waals surface area contributed by atoms with Gasteiger partial charge in [0, 0.05) is 0 Å². The Hall–Kier alpha value is 0. The lowest BCUT2D eigenvalue weighted by atomic mass is 9.91. The lowest BCUT2D eigenvalue weighted by molar-refractivity contribution is 0.473. The first-order valence-corrected chi connectivity index (χ1v) is 7.05. The highest BCUT2D eigenvalue weighted by molar-refractivity contribution is 4.77. The Morgan fingerprint density at radius 3 is 2.00 bits per heavy atom. The summed E-state index contributed by atoms with van der Waals surface area (Å²) >= 11 is 0. The van der Waals surface area contributed by atoms with E-state index in [4.69, 9.17) is 0 Å². The summed E-state index contributed by atoms with van der Waals surface area (Å²) in [7, 11) is 0. The van der Waals surface area contributed by atoms with E-state index in [2.05, 4.69) is 34.1 Å². The van der Waals surface area contributed by atoms with Crippen molar-refractivity contribution in [2.75, 3.05) is 0 Å². The molecule has 0 heterocycles. The lowest BCUT2D eigenvalue weighted by Crippen LogP contribution is -2.03. The molecule has 2 atom stereocenters. The van der Waals surface area contributed by atoms with E-state index < -0.39 is 0 Å². The molecule has 0 aliphatic carbocycles. The van der Waals surface area contributed by atoms with Crippen molar-refractivity contribution in [1.29, 1.82) is 0 Å². The third-order valence-electron chi connectivity index (χ3n) is 3.31. The summed E-state index contributed by atoms with van der Waals surface area (Å²) in [6.45, 7) is 9.26. The minimum Gasteiger partial charge on any atom is -0.0654 e. The Kier molecular flexibility index (Phi) is 10.5. The summed E-state index contributed by atoms with van der Waals surface area (Å²) in [5, 5.41) is 0. The van der Waals surface area contributed by atoms with Crippen molar-refractivity contribution in [3.63, 3.8) is 0 Å². The topological polar surface area (TPSA) is 0 Å². The zero-order chi connectivity index (χ0) is 11.5. The molecule has 0 saturated heterocycles. The summed E-state index contributed by atoms with van der Waals surface area (Å²) in [4.78, 5) is 0. The fraction of sp³-hybridized carbons (Fsp3) is 0.933. The molecule has 0 nitrogen and oxygen atoms in total. The zero-order valence-electron chi connectivity index (χ0n) is 11.4. The molecule has 1 radical (unpaired) electrons. The van der Waals surface area contributed by atoms with Crippen LogP contribution in [0, 0.1) is 18.3 Å². The van der Waals surface area contributed by atoms with Crippen LogP contribution in [0.4, 0.5) is 0 Å². The maximum Gasteiger partial charge on any atom is -0.0329 e. The average molecular weight is 211 g/mol. The molecule has 0 fully saturated rings. The van der Waals surface area contributed by atoms with Crippen molar-refractivity contribution in [1.82, 2.24) is 0 Å². The van der Waals surface area contributed by atoms with Gasteiger partial charge in [0.1, 0.15) is 0 Å². The molecular weight excluding hydrogens is 180 g/mol. The molecule has 0 aliphatic heterocycles. The zero-order valence-corrected chi connectivity index (χ0v) is 11.4. The van der Waals surface area contributed by atoms with E-state index in [-0.39, 0.29) is 0 Å². The Balaban J connectivity index is 3.20. The second-order valence-electron chi connectivity index (χ2n) is 5.11. The van der Waals surface area contributed by atoms with Gasteiger partial charge >= 0.3 is 0 Å². The molecule has 0 spiro atoms. The smallest absolute Gasteiger partial charge is 0.0329 e. The van der Waals surface area contributed by atoms with Crippen LogP contribution in [-0.4, -0.2) is 0 Å². The molecule has 0 heteroatoms. The van der Waals surface area contributed by atoms with Crippen molar-refractivity contribution in [3.05, 3.63) is 6.42 Å². The molecule has 0 amide bonds. The summed E-state index contributed by atoms with van der Waals surface area (Å²) in [6, 6.07) is 0. The van der Waals surface area contributed by atoms with Crippen LogP contribution in [0.5, 0.6) is 0 Å². The fourth-order valence-electron chi connectivity index (χ4n) is 2.04. The molecule has 0 aliphatic rings. The van der Waals surface area contributed by atoms with E-state index in [0.29, 0.717) is 0 Å². The maximum absolute atomic E-state index is 2.53. The normalized spacial score (nSPS) is 15.2. The van der Waals surface area contributed by atoms with Crippen molar-refractivity contribution >= 4 is 0 Å².